The van der Waals surface area contributed by atoms with Gasteiger partial charge in [-0.25, -0.2) is 0 Å². The summed E-state index contributed by atoms with van der Waals surface area (Å²) in [5, 5.41) is 6.77. The molecule has 1 aliphatic rings. The number of hydrogen-bond donors (Lipinski definition) is 1. The fraction of sp³-hybridized carbons (Fsp3) is 0.444. The van der Waals surface area contributed by atoms with E-state index in [-0.39, 0.29) is 5.91 Å². The van der Waals surface area contributed by atoms with Crippen molar-refractivity contribution < 1.29 is 4.79 Å². The smallest absolute Gasteiger partial charge is 0.253 e. The Morgan fingerprint density at radius 3 is 2.61 bits per heavy atom. The van der Waals surface area contributed by atoms with E-state index in [4.69, 9.17) is 0 Å². The maximum absolute atomic E-state index is 12.7. The molecule has 1 atom stereocenters. The van der Waals surface area contributed by atoms with Gasteiger partial charge >= 0.3 is 0 Å². The molecule has 1 unspecified atom stereocenters. The van der Waals surface area contributed by atoms with Gasteiger partial charge in [-0.1, -0.05) is 12.1 Å². The lowest BCUT2D eigenvalue weighted by molar-refractivity contribution is 0.0758. The first-order valence-corrected chi connectivity index (χ1v) is 8.20. The summed E-state index contributed by atoms with van der Waals surface area (Å²) in [5.41, 5.74) is 2.87. The third-order valence-corrected chi connectivity index (χ3v) is 4.68. The van der Waals surface area contributed by atoms with Crippen LogP contribution in [-0.4, -0.2) is 59.1 Å². The molecule has 1 aromatic heterocycles. The Labute approximate surface area is 137 Å². The zero-order valence-electron chi connectivity index (χ0n) is 13.8. The number of nitrogens with one attached hydrogen (secondary N) is 1. The summed E-state index contributed by atoms with van der Waals surface area (Å²) in [6.07, 6.45) is 6.92. The summed E-state index contributed by atoms with van der Waals surface area (Å²) < 4.78 is 0. The Morgan fingerprint density at radius 2 is 1.96 bits per heavy atom. The molecule has 5 nitrogen and oxygen atoms in total. The number of nitrogens with zero attached hydrogens (tertiary/aromatic N) is 3. The van der Waals surface area contributed by atoms with Crippen molar-refractivity contribution in [1.82, 2.24) is 20.0 Å². The molecule has 0 saturated carbocycles. The normalized spacial score (nSPS) is 18.9. The highest BCUT2D eigenvalue weighted by atomic mass is 16.2. The van der Waals surface area contributed by atoms with E-state index in [1.165, 1.54) is 0 Å². The second-order valence-corrected chi connectivity index (χ2v) is 6.40. The van der Waals surface area contributed by atoms with E-state index in [2.05, 4.69) is 29.2 Å². The van der Waals surface area contributed by atoms with E-state index >= 15 is 0 Å². The van der Waals surface area contributed by atoms with Crippen LogP contribution < -0.4 is 0 Å². The number of amides is 1. The van der Waals surface area contributed by atoms with Gasteiger partial charge in [0, 0.05) is 36.5 Å². The van der Waals surface area contributed by atoms with Gasteiger partial charge in [0.15, 0.2) is 0 Å². The van der Waals surface area contributed by atoms with Crippen molar-refractivity contribution in [2.24, 2.45) is 0 Å². The molecule has 23 heavy (non-hydrogen) atoms. The van der Waals surface area contributed by atoms with Crippen molar-refractivity contribution in [3.05, 3.63) is 42.2 Å². The third-order valence-electron chi connectivity index (χ3n) is 4.68. The van der Waals surface area contributed by atoms with E-state index < -0.39 is 0 Å². The van der Waals surface area contributed by atoms with Gasteiger partial charge in [-0.3, -0.25) is 9.89 Å². The average molecular weight is 312 g/mol. The lowest BCUT2D eigenvalue weighted by atomic mass is 10.1. The minimum Gasteiger partial charge on any atom is -0.339 e. The molecule has 0 bridgehead atoms. The van der Waals surface area contributed by atoms with Gasteiger partial charge in [0.2, 0.25) is 0 Å². The molecule has 2 aromatic rings. The van der Waals surface area contributed by atoms with Gasteiger partial charge in [0.25, 0.3) is 5.91 Å². The van der Waals surface area contributed by atoms with E-state index in [1.54, 1.807) is 6.20 Å². The molecule has 1 N–H and O–H groups in total. The predicted octanol–water partition coefficient (Wildman–Crippen LogP) is 2.63. The molecule has 1 aliphatic heterocycles. The Hall–Kier alpha value is -2.14. The van der Waals surface area contributed by atoms with Gasteiger partial charge < -0.3 is 9.80 Å². The number of hydrogen-bond acceptors (Lipinski definition) is 3. The Morgan fingerprint density at radius 1 is 1.17 bits per heavy atom. The molecule has 1 aromatic carbocycles. The van der Waals surface area contributed by atoms with Gasteiger partial charge in [0.1, 0.15) is 0 Å². The van der Waals surface area contributed by atoms with Crippen LogP contribution in [0.25, 0.3) is 11.1 Å². The second kappa shape index (κ2) is 6.96. The van der Waals surface area contributed by atoms with Crippen molar-refractivity contribution in [2.45, 2.75) is 25.3 Å². The van der Waals surface area contributed by atoms with Crippen LogP contribution in [0.1, 0.15) is 29.6 Å². The number of benzene rings is 1. The number of rotatable bonds is 3. The van der Waals surface area contributed by atoms with Crippen LogP contribution in [0.4, 0.5) is 0 Å². The maximum Gasteiger partial charge on any atom is 0.253 e. The Bertz CT molecular complexity index is 634. The number of carbonyl (C=O) groups is 1. The molecule has 1 fully saturated rings. The predicted molar refractivity (Wildman–Crippen MR) is 91.3 cm³/mol. The summed E-state index contributed by atoms with van der Waals surface area (Å²) in [5.74, 6) is 0.142. The molecular weight excluding hydrogens is 288 g/mol. The van der Waals surface area contributed by atoms with Crippen LogP contribution in [0.15, 0.2) is 36.7 Å². The molecule has 1 saturated heterocycles. The topological polar surface area (TPSA) is 52.2 Å². The number of carbonyl (C=O) groups excluding carboxylic acids is 1. The zero-order chi connectivity index (χ0) is 16.2. The minimum atomic E-state index is 0.142. The number of likely N-dealkylation sites (tertiary alicyclic amines) is 1. The minimum absolute atomic E-state index is 0.142. The molecule has 5 heteroatoms. The van der Waals surface area contributed by atoms with Crippen LogP contribution in [0.5, 0.6) is 0 Å². The third kappa shape index (κ3) is 3.62. The van der Waals surface area contributed by atoms with E-state index in [0.29, 0.717) is 6.04 Å². The largest absolute Gasteiger partial charge is 0.339 e. The summed E-state index contributed by atoms with van der Waals surface area (Å²) >= 11 is 0. The van der Waals surface area contributed by atoms with Crippen LogP contribution in [0.2, 0.25) is 0 Å². The molecular formula is C18H24N4O. The standard InChI is InChI=1S/C18H24N4O/c1-21(2)17-4-3-10-22(11-9-17)18(23)15-7-5-14(6-8-15)16-12-19-20-13-16/h5-8,12-13,17H,3-4,9-11H2,1-2H3,(H,19,20). The van der Waals surface area contributed by atoms with Crippen LogP contribution in [0.3, 0.4) is 0 Å². The summed E-state index contributed by atoms with van der Waals surface area (Å²) in [6, 6.07) is 8.38. The van der Waals surface area contributed by atoms with Crippen molar-refractivity contribution in [1.29, 1.82) is 0 Å². The van der Waals surface area contributed by atoms with E-state index in [1.807, 2.05) is 35.4 Å². The van der Waals surface area contributed by atoms with Crippen LogP contribution in [0, 0.1) is 0 Å². The van der Waals surface area contributed by atoms with Crippen LogP contribution >= 0.6 is 0 Å². The highest BCUT2D eigenvalue weighted by Crippen LogP contribution is 2.20. The maximum atomic E-state index is 12.7. The first kappa shape index (κ1) is 15.7. The highest BCUT2D eigenvalue weighted by Gasteiger charge is 2.22. The van der Waals surface area contributed by atoms with Crippen molar-refractivity contribution >= 4 is 5.91 Å². The highest BCUT2D eigenvalue weighted by molar-refractivity contribution is 5.94. The molecule has 1 amide bonds. The summed E-state index contributed by atoms with van der Waals surface area (Å²) in [7, 11) is 4.24. The van der Waals surface area contributed by atoms with Gasteiger partial charge in [-0.2, -0.15) is 5.10 Å². The number of aromatic nitrogens is 2. The molecule has 0 aliphatic carbocycles. The van der Waals surface area contributed by atoms with Crippen molar-refractivity contribution in [3.8, 4) is 11.1 Å². The molecule has 2 heterocycles. The molecule has 3 rings (SSSR count). The summed E-state index contributed by atoms with van der Waals surface area (Å²) in [6.45, 7) is 1.69. The molecule has 0 spiro atoms. The van der Waals surface area contributed by atoms with Crippen LogP contribution in [-0.2, 0) is 0 Å². The van der Waals surface area contributed by atoms with Gasteiger partial charge in [-0.15, -0.1) is 0 Å². The van der Waals surface area contributed by atoms with E-state index in [9.17, 15) is 4.79 Å². The number of aromatic amines is 1. The quantitative estimate of drug-likeness (QED) is 0.948. The molecule has 122 valence electrons. The lowest BCUT2D eigenvalue weighted by Crippen LogP contribution is -2.33. The first-order chi connectivity index (χ1) is 11.1. The first-order valence-electron chi connectivity index (χ1n) is 8.20. The fourth-order valence-electron chi connectivity index (χ4n) is 3.19. The van der Waals surface area contributed by atoms with Crippen molar-refractivity contribution in [3.63, 3.8) is 0 Å². The second-order valence-electron chi connectivity index (χ2n) is 6.40. The Kier molecular flexibility index (Phi) is 4.76. The van der Waals surface area contributed by atoms with Gasteiger partial charge in [0.05, 0.1) is 6.20 Å². The number of H-pyrrole nitrogens is 1. The lowest BCUT2D eigenvalue weighted by Gasteiger charge is -2.23. The van der Waals surface area contributed by atoms with Gasteiger partial charge in [-0.05, 0) is 51.1 Å². The SMILES string of the molecule is CN(C)C1CCCN(C(=O)c2ccc(-c3cn[nH]c3)cc2)CC1. The monoisotopic (exact) mass is 312 g/mol. The Balaban J connectivity index is 1.68. The average Bonchev–Trinajstić information content (AvgIpc) is 2.98. The molecule has 0 radical (unpaired) electrons. The van der Waals surface area contributed by atoms with E-state index in [0.717, 1.165) is 49.0 Å². The summed E-state index contributed by atoms with van der Waals surface area (Å²) in [4.78, 5) is 17.0. The van der Waals surface area contributed by atoms with Crippen molar-refractivity contribution in [2.75, 3.05) is 27.2 Å². The zero-order valence-corrected chi connectivity index (χ0v) is 13.8. The fourth-order valence-corrected chi connectivity index (χ4v) is 3.19.